The second-order valence-electron chi connectivity index (χ2n) is 5.50. The minimum atomic E-state index is -0.441. The molecule has 0 saturated carbocycles. The van der Waals surface area contributed by atoms with Gasteiger partial charge < -0.3 is 16.4 Å². The highest BCUT2D eigenvalue weighted by atomic mass is 16.2. The molecule has 0 unspecified atom stereocenters. The first kappa shape index (κ1) is 15.9. The number of hydrogen-bond donors (Lipinski definition) is 3. The summed E-state index contributed by atoms with van der Waals surface area (Å²) in [6, 6.07) is -0.262. The number of likely N-dealkylation sites (tertiary alicyclic amines) is 1. The number of likely N-dealkylation sites (N-methyl/N-ethyl adjacent to an activating group) is 1. The topological polar surface area (TPSA) is 87.5 Å². The largest absolute Gasteiger partial charge is 0.358 e. The van der Waals surface area contributed by atoms with E-state index in [4.69, 9.17) is 5.73 Å². The molecule has 1 atom stereocenters. The normalized spacial score (nSPS) is 19.2. The third-order valence-electron chi connectivity index (χ3n) is 3.60. The lowest BCUT2D eigenvalue weighted by Crippen LogP contribution is -2.51. The van der Waals surface area contributed by atoms with E-state index in [0.717, 1.165) is 25.9 Å². The summed E-state index contributed by atoms with van der Waals surface area (Å²) in [4.78, 5) is 25.2. The van der Waals surface area contributed by atoms with Crippen molar-refractivity contribution in [1.82, 2.24) is 15.5 Å². The fourth-order valence-corrected chi connectivity index (χ4v) is 2.12. The number of carbonyl (C=O) groups excluding carboxylic acids is 2. The van der Waals surface area contributed by atoms with Gasteiger partial charge in [-0.05, 0) is 18.8 Å². The predicted octanol–water partition coefficient (Wildman–Crippen LogP) is -0.704. The average Bonchev–Trinajstić information content (AvgIpc) is 2.39. The summed E-state index contributed by atoms with van der Waals surface area (Å²) in [6.07, 6.45) is 1.74. The van der Waals surface area contributed by atoms with E-state index in [-0.39, 0.29) is 23.8 Å². The van der Waals surface area contributed by atoms with E-state index in [1.807, 2.05) is 13.8 Å². The van der Waals surface area contributed by atoms with Crippen LogP contribution >= 0.6 is 0 Å². The highest BCUT2D eigenvalue weighted by Gasteiger charge is 2.24. The van der Waals surface area contributed by atoms with Gasteiger partial charge in [-0.25, -0.2) is 0 Å². The van der Waals surface area contributed by atoms with E-state index in [9.17, 15) is 9.59 Å². The van der Waals surface area contributed by atoms with Gasteiger partial charge in [-0.3, -0.25) is 14.5 Å². The summed E-state index contributed by atoms with van der Waals surface area (Å²) >= 11 is 0. The molecule has 6 nitrogen and oxygen atoms in total. The Morgan fingerprint density at radius 1 is 1.32 bits per heavy atom. The first-order valence-electron chi connectivity index (χ1n) is 6.93. The van der Waals surface area contributed by atoms with Gasteiger partial charge >= 0.3 is 0 Å². The van der Waals surface area contributed by atoms with Gasteiger partial charge in [-0.15, -0.1) is 0 Å². The molecular weight excluding hydrogens is 244 g/mol. The van der Waals surface area contributed by atoms with Crippen LogP contribution in [0.3, 0.4) is 0 Å². The minimum absolute atomic E-state index is 0.0318. The predicted molar refractivity (Wildman–Crippen MR) is 74.5 cm³/mol. The van der Waals surface area contributed by atoms with E-state index in [2.05, 4.69) is 15.5 Å². The zero-order valence-corrected chi connectivity index (χ0v) is 12.1. The summed E-state index contributed by atoms with van der Waals surface area (Å²) in [7, 11) is 1.64. The molecule has 6 heteroatoms. The molecule has 0 aliphatic carbocycles. The summed E-state index contributed by atoms with van der Waals surface area (Å²) in [5, 5.41) is 5.61. The van der Waals surface area contributed by atoms with E-state index in [1.165, 1.54) is 0 Å². The lowest BCUT2D eigenvalue weighted by atomic mass is 10.0. The zero-order chi connectivity index (χ0) is 14.4. The van der Waals surface area contributed by atoms with Gasteiger partial charge in [0, 0.05) is 26.2 Å². The Hall–Kier alpha value is -1.14. The molecule has 0 aromatic carbocycles. The highest BCUT2D eigenvalue weighted by Crippen LogP contribution is 2.10. The summed E-state index contributed by atoms with van der Waals surface area (Å²) < 4.78 is 0. The van der Waals surface area contributed by atoms with E-state index in [1.54, 1.807) is 7.05 Å². The van der Waals surface area contributed by atoms with Crippen molar-refractivity contribution in [3.8, 4) is 0 Å². The van der Waals surface area contributed by atoms with Crippen LogP contribution in [-0.4, -0.2) is 55.5 Å². The van der Waals surface area contributed by atoms with Crippen LogP contribution in [0.4, 0.5) is 0 Å². The number of amides is 2. The molecule has 1 aliphatic heterocycles. The molecule has 0 radical (unpaired) electrons. The van der Waals surface area contributed by atoms with Gasteiger partial charge in [0.05, 0.1) is 12.6 Å². The fourth-order valence-electron chi connectivity index (χ4n) is 2.12. The number of nitrogens with one attached hydrogen (secondary N) is 2. The highest BCUT2D eigenvalue weighted by molar-refractivity contribution is 5.82. The standard InChI is InChI=1S/C13H26N4O2/c1-9(2)12(14)13(19)16-10-4-6-17(7-5-10)8-11(18)15-3/h9-10,12H,4-8,14H2,1-3H3,(H,15,18)(H,16,19)/t12-/m0/s1. The molecular formula is C13H26N4O2. The number of carbonyl (C=O) groups is 2. The van der Waals surface area contributed by atoms with Crippen molar-refractivity contribution < 1.29 is 9.59 Å². The average molecular weight is 270 g/mol. The maximum absolute atomic E-state index is 11.8. The van der Waals surface area contributed by atoms with Crippen LogP contribution in [0.15, 0.2) is 0 Å². The third kappa shape index (κ3) is 5.16. The second-order valence-corrected chi connectivity index (χ2v) is 5.50. The number of nitrogens with two attached hydrogens (primary N) is 1. The molecule has 1 rings (SSSR count). The number of piperidine rings is 1. The monoisotopic (exact) mass is 270 g/mol. The first-order valence-corrected chi connectivity index (χ1v) is 6.93. The van der Waals surface area contributed by atoms with Crippen molar-refractivity contribution in [2.45, 2.75) is 38.8 Å². The van der Waals surface area contributed by atoms with E-state index >= 15 is 0 Å². The molecule has 1 aliphatic rings. The third-order valence-corrected chi connectivity index (χ3v) is 3.60. The Balaban J connectivity index is 2.30. The van der Waals surface area contributed by atoms with Crippen LogP contribution in [0.25, 0.3) is 0 Å². The van der Waals surface area contributed by atoms with Gasteiger partial charge in [0.15, 0.2) is 0 Å². The Labute approximate surface area is 115 Å². The van der Waals surface area contributed by atoms with Crippen molar-refractivity contribution in [1.29, 1.82) is 0 Å². The molecule has 0 aromatic heterocycles. The Bertz CT molecular complexity index is 312. The molecule has 4 N–H and O–H groups in total. The van der Waals surface area contributed by atoms with E-state index in [0.29, 0.717) is 6.54 Å². The van der Waals surface area contributed by atoms with Crippen LogP contribution in [0.1, 0.15) is 26.7 Å². The lowest BCUT2D eigenvalue weighted by Gasteiger charge is -2.32. The zero-order valence-electron chi connectivity index (χ0n) is 12.1. The quantitative estimate of drug-likeness (QED) is 0.616. The smallest absolute Gasteiger partial charge is 0.237 e. The number of hydrogen-bond acceptors (Lipinski definition) is 4. The molecule has 0 aromatic rings. The van der Waals surface area contributed by atoms with Crippen LogP contribution < -0.4 is 16.4 Å². The second kappa shape index (κ2) is 7.45. The summed E-state index contributed by atoms with van der Waals surface area (Å²) in [6.45, 7) is 5.97. The molecule has 0 spiro atoms. The fraction of sp³-hybridized carbons (Fsp3) is 0.846. The number of nitrogens with zero attached hydrogens (tertiary/aromatic N) is 1. The lowest BCUT2D eigenvalue weighted by molar-refractivity contribution is -0.125. The van der Waals surface area contributed by atoms with Crippen LogP contribution in [0, 0.1) is 5.92 Å². The van der Waals surface area contributed by atoms with E-state index < -0.39 is 6.04 Å². The van der Waals surface area contributed by atoms with Gasteiger partial charge in [0.1, 0.15) is 0 Å². The Morgan fingerprint density at radius 2 is 1.89 bits per heavy atom. The molecule has 1 saturated heterocycles. The molecule has 1 fully saturated rings. The SMILES string of the molecule is CNC(=O)CN1CCC(NC(=O)[C@@H](N)C(C)C)CC1. The molecule has 1 heterocycles. The minimum Gasteiger partial charge on any atom is -0.358 e. The van der Waals surface area contributed by atoms with Crippen LogP contribution in [0.2, 0.25) is 0 Å². The summed E-state index contributed by atoms with van der Waals surface area (Å²) in [5.41, 5.74) is 5.81. The maximum Gasteiger partial charge on any atom is 0.237 e. The van der Waals surface area contributed by atoms with Gasteiger partial charge in [0.25, 0.3) is 0 Å². The number of rotatable bonds is 5. The van der Waals surface area contributed by atoms with Crippen molar-refractivity contribution in [3.63, 3.8) is 0 Å². The Morgan fingerprint density at radius 3 is 2.37 bits per heavy atom. The van der Waals surface area contributed by atoms with Gasteiger partial charge in [0.2, 0.25) is 11.8 Å². The maximum atomic E-state index is 11.8. The molecule has 110 valence electrons. The summed E-state index contributed by atoms with van der Waals surface area (Å²) in [5.74, 6) is 0.109. The van der Waals surface area contributed by atoms with Crippen molar-refractivity contribution >= 4 is 11.8 Å². The van der Waals surface area contributed by atoms with Crippen LogP contribution in [-0.2, 0) is 9.59 Å². The Kier molecular flexibility index (Phi) is 6.24. The van der Waals surface area contributed by atoms with Crippen molar-refractivity contribution in [2.75, 3.05) is 26.7 Å². The molecule has 0 bridgehead atoms. The van der Waals surface area contributed by atoms with Crippen molar-refractivity contribution in [2.24, 2.45) is 11.7 Å². The molecule has 19 heavy (non-hydrogen) atoms. The van der Waals surface area contributed by atoms with Crippen molar-refractivity contribution in [3.05, 3.63) is 0 Å². The molecule has 2 amide bonds. The van der Waals surface area contributed by atoms with Crippen LogP contribution in [0.5, 0.6) is 0 Å². The first-order chi connectivity index (χ1) is 8.93. The van der Waals surface area contributed by atoms with Gasteiger partial charge in [-0.2, -0.15) is 0 Å². The van der Waals surface area contributed by atoms with Gasteiger partial charge in [-0.1, -0.05) is 13.8 Å².